The first-order valence-electron chi connectivity index (χ1n) is 3.63. The van der Waals surface area contributed by atoms with E-state index in [0.29, 0.717) is 0 Å². The van der Waals surface area contributed by atoms with Gasteiger partial charge in [0.05, 0.1) is 0 Å². The summed E-state index contributed by atoms with van der Waals surface area (Å²) < 4.78 is 0. The molecule has 0 saturated heterocycles. The second kappa shape index (κ2) is 3.62. The van der Waals surface area contributed by atoms with E-state index >= 15 is 0 Å². The maximum atomic E-state index is 4.20. The summed E-state index contributed by atoms with van der Waals surface area (Å²) in [5.41, 5.74) is 1.21. The Balaban J connectivity index is 3.06. The van der Waals surface area contributed by atoms with Gasteiger partial charge in [-0.05, 0) is 18.1 Å². The molecule has 1 heterocycles. The molecule has 0 aliphatic carbocycles. The fourth-order valence-electron chi connectivity index (χ4n) is 0.992. The molecule has 1 N–H and O–H groups in total. The van der Waals surface area contributed by atoms with Crippen molar-refractivity contribution in [1.82, 2.24) is 4.98 Å². The molecule has 3 heteroatoms. The normalized spacial score (nSPS) is 9.73. The van der Waals surface area contributed by atoms with E-state index in [2.05, 4.69) is 29.9 Å². The number of hydrogen-bond donors (Lipinski definition) is 2. The number of hydrogen-bond acceptors (Lipinski definition) is 3. The van der Waals surface area contributed by atoms with Crippen LogP contribution in [0.5, 0.6) is 0 Å². The van der Waals surface area contributed by atoms with E-state index in [-0.39, 0.29) is 0 Å². The molecule has 11 heavy (non-hydrogen) atoms. The Morgan fingerprint density at radius 3 is 2.91 bits per heavy atom. The van der Waals surface area contributed by atoms with Crippen molar-refractivity contribution in [2.45, 2.75) is 18.2 Å². The van der Waals surface area contributed by atoms with Crippen LogP contribution < -0.4 is 5.32 Å². The standard InChI is InChI=1S/C8H12N2S/c1-3-6-4-7(11)5-10-8(6)9-2/h4-5,11H,3H2,1-2H3,(H,9,10). The minimum absolute atomic E-state index is 0.917. The van der Waals surface area contributed by atoms with Gasteiger partial charge in [-0.15, -0.1) is 12.6 Å². The van der Waals surface area contributed by atoms with Crippen molar-refractivity contribution in [3.63, 3.8) is 0 Å². The molecule has 0 atom stereocenters. The van der Waals surface area contributed by atoms with Crippen molar-refractivity contribution < 1.29 is 0 Å². The molecule has 0 spiro atoms. The van der Waals surface area contributed by atoms with E-state index in [1.54, 1.807) is 6.20 Å². The lowest BCUT2D eigenvalue weighted by Crippen LogP contribution is -1.97. The molecular weight excluding hydrogens is 156 g/mol. The van der Waals surface area contributed by atoms with Crippen LogP contribution in [0.25, 0.3) is 0 Å². The molecule has 1 rings (SSSR count). The van der Waals surface area contributed by atoms with Crippen LogP contribution in [0, 0.1) is 0 Å². The van der Waals surface area contributed by atoms with Gasteiger partial charge in [0.2, 0.25) is 0 Å². The second-order valence-electron chi connectivity index (χ2n) is 2.30. The van der Waals surface area contributed by atoms with Gasteiger partial charge in [0.15, 0.2) is 0 Å². The largest absolute Gasteiger partial charge is 0.373 e. The third-order valence-corrected chi connectivity index (χ3v) is 1.81. The first-order chi connectivity index (χ1) is 5.27. The number of aromatic nitrogens is 1. The molecule has 0 aromatic carbocycles. The zero-order valence-electron chi connectivity index (χ0n) is 6.76. The Morgan fingerprint density at radius 2 is 2.36 bits per heavy atom. The number of nitrogens with zero attached hydrogens (tertiary/aromatic N) is 1. The van der Waals surface area contributed by atoms with E-state index in [1.807, 2.05) is 13.1 Å². The first-order valence-corrected chi connectivity index (χ1v) is 4.08. The average molecular weight is 168 g/mol. The molecule has 2 nitrogen and oxygen atoms in total. The van der Waals surface area contributed by atoms with Crippen molar-refractivity contribution in [1.29, 1.82) is 0 Å². The summed E-state index contributed by atoms with van der Waals surface area (Å²) in [6, 6.07) is 2.03. The molecule has 0 aliphatic rings. The molecule has 60 valence electrons. The monoisotopic (exact) mass is 168 g/mol. The molecule has 0 unspecified atom stereocenters. The minimum Gasteiger partial charge on any atom is -0.373 e. The highest BCUT2D eigenvalue weighted by Gasteiger charge is 1.98. The minimum atomic E-state index is 0.917. The summed E-state index contributed by atoms with van der Waals surface area (Å²) in [6.07, 6.45) is 2.73. The van der Waals surface area contributed by atoms with Crippen molar-refractivity contribution in [3.05, 3.63) is 17.8 Å². The lowest BCUT2D eigenvalue weighted by molar-refractivity contribution is 1.07. The zero-order valence-corrected chi connectivity index (χ0v) is 7.65. The summed E-state index contributed by atoms with van der Waals surface area (Å²) >= 11 is 4.20. The maximum Gasteiger partial charge on any atom is 0.128 e. The van der Waals surface area contributed by atoms with Crippen LogP contribution in [0.2, 0.25) is 0 Å². The van der Waals surface area contributed by atoms with E-state index in [0.717, 1.165) is 17.1 Å². The molecule has 0 saturated carbocycles. The number of nitrogens with one attached hydrogen (secondary N) is 1. The molecule has 1 aromatic rings. The number of thiol groups is 1. The van der Waals surface area contributed by atoms with Gasteiger partial charge in [0, 0.05) is 18.1 Å². The predicted octanol–water partition coefficient (Wildman–Crippen LogP) is 1.97. The quantitative estimate of drug-likeness (QED) is 0.660. The lowest BCUT2D eigenvalue weighted by Gasteiger charge is -2.05. The van der Waals surface area contributed by atoms with Gasteiger partial charge < -0.3 is 5.32 Å². The highest BCUT2D eigenvalue weighted by atomic mass is 32.1. The van der Waals surface area contributed by atoms with Gasteiger partial charge in [0.25, 0.3) is 0 Å². The third kappa shape index (κ3) is 1.87. The maximum absolute atomic E-state index is 4.20. The second-order valence-corrected chi connectivity index (χ2v) is 2.82. The topological polar surface area (TPSA) is 24.9 Å². The molecule has 1 aromatic heterocycles. The number of rotatable bonds is 2. The van der Waals surface area contributed by atoms with Gasteiger partial charge >= 0.3 is 0 Å². The lowest BCUT2D eigenvalue weighted by atomic mass is 10.2. The Hall–Kier alpha value is -0.700. The predicted molar refractivity (Wildman–Crippen MR) is 50.4 cm³/mol. The molecule has 0 bridgehead atoms. The Bertz CT molecular complexity index is 248. The van der Waals surface area contributed by atoms with Crippen LogP contribution in [0.3, 0.4) is 0 Å². The van der Waals surface area contributed by atoms with Gasteiger partial charge in [-0.3, -0.25) is 0 Å². The number of pyridine rings is 1. The summed E-state index contributed by atoms with van der Waals surface area (Å²) in [5, 5.41) is 3.03. The van der Waals surface area contributed by atoms with Crippen LogP contribution in [-0.4, -0.2) is 12.0 Å². The van der Waals surface area contributed by atoms with Crippen LogP contribution in [0.4, 0.5) is 5.82 Å². The van der Waals surface area contributed by atoms with Crippen LogP contribution in [0.1, 0.15) is 12.5 Å². The van der Waals surface area contributed by atoms with Crippen LogP contribution in [0.15, 0.2) is 17.2 Å². The molecule has 0 aliphatic heterocycles. The van der Waals surface area contributed by atoms with Crippen molar-refractivity contribution in [2.75, 3.05) is 12.4 Å². The van der Waals surface area contributed by atoms with Gasteiger partial charge in [-0.1, -0.05) is 6.92 Å². The van der Waals surface area contributed by atoms with Crippen molar-refractivity contribution >= 4 is 18.4 Å². The van der Waals surface area contributed by atoms with Gasteiger partial charge in [0.1, 0.15) is 5.82 Å². The highest BCUT2D eigenvalue weighted by molar-refractivity contribution is 7.80. The Morgan fingerprint density at radius 1 is 1.64 bits per heavy atom. The van der Waals surface area contributed by atoms with E-state index in [1.165, 1.54) is 5.56 Å². The summed E-state index contributed by atoms with van der Waals surface area (Å²) in [7, 11) is 1.87. The van der Waals surface area contributed by atoms with Crippen LogP contribution >= 0.6 is 12.6 Å². The number of aryl methyl sites for hydroxylation is 1. The van der Waals surface area contributed by atoms with E-state index in [4.69, 9.17) is 0 Å². The van der Waals surface area contributed by atoms with Crippen molar-refractivity contribution in [2.24, 2.45) is 0 Å². The summed E-state index contributed by atoms with van der Waals surface area (Å²) in [5.74, 6) is 0.949. The summed E-state index contributed by atoms with van der Waals surface area (Å²) in [6.45, 7) is 2.10. The average Bonchev–Trinajstić information content (AvgIpc) is 2.04. The Kier molecular flexibility index (Phi) is 2.76. The smallest absolute Gasteiger partial charge is 0.128 e. The highest BCUT2D eigenvalue weighted by Crippen LogP contribution is 2.15. The van der Waals surface area contributed by atoms with Gasteiger partial charge in [-0.2, -0.15) is 0 Å². The number of anilines is 1. The zero-order chi connectivity index (χ0) is 8.27. The van der Waals surface area contributed by atoms with Crippen LogP contribution in [-0.2, 0) is 6.42 Å². The third-order valence-electron chi connectivity index (χ3n) is 1.57. The van der Waals surface area contributed by atoms with E-state index < -0.39 is 0 Å². The molecule has 0 amide bonds. The van der Waals surface area contributed by atoms with Crippen molar-refractivity contribution in [3.8, 4) is 0 Å². The summed E-state index contributed by atoms with van der Waals surface area (Å²) in [4.78, 5) is 5.10. The first kappa shape index (κ1) is 8.40. The fourth-order valence-corrected chi connectivity index (χ4v) is 1.21. The molecular formula is C8H12N2S. The van der Waals surface area contributed by atoms with E-state index in [9.17, 15) is 0 Å². The molecule has 0 fully saturated rings. The Labute approximate surface area is 72.5 Å². The van der Waals surface area contributed by atoms with Gasteiger partial charge in [-0.25, -0.2) is 4.98 Å². The fraction of sp³-hybridized carbons (Fsp3) is 0.375. The molecule has 0 radical (unpaired) electrons. The SMILES string of the molecule is CCc1cc(S)cnc1NC.